The molecule has 11 heteroatoms. The molecular weight excluding hydrogens is 448 g/mol. The molecule has 172 valence electrons. The molecule has 0 spiro atoms. The minimum atomic E-state index is -0.515. The number of urea groups is 1. The van der Waals surface area contributed by atoms with Gasteiger partial charge in [-0.2, -0.15) is 0 Å². The summed E-state index contributed by atoms with van der Waals surface area (Å²) in [4.78, 5) is 57.6. The Morgan fingerprint density at radius 1 is 0.970 bits per heavy atom. The Morgan fingerprint density at radius 3 is 2.30 bits per heavy atom. The van der Waals surface area contributed by atoms with E-state index in [-0.39, 0.29) is 28.7 Å². The Labute approximate surface area is 194 Å². The number of nitrogens with zero attached hydrogens (tertiary/aromatic N) is 5. The number of halogens is 1. The molecule has 1 aliphatic heterocycles. The first-order chi connectivity index (χ1) is 15.7. The Morgan fingerprint density at radius 2 is 1.64 bits per heavy atom. The van der Waals surface area contributed by atoms with Gasteiger partial charge < -0.3 is 15.1 Å². The van der Waals surface area contributed by atoms with E-state index < -0.39 is 11.2 Å². The molecule has 3 heterocycles. The predicted octanol–water partition coefficient (Wildman–Crippen LogP) is 1.58. The number of piperazine rings is 1. The molecule has 0 atom stereocenters. The minimum Gasteiger partial charge on any atom is -0.334 e. The zero-order valence-electron chi connectivity index (χ0n) is 18.5. The summed E-state index contributed by atoms with van der Waals surface area (Å²) in [6.45, 7) is 3.24. The monoisotopic (exact) mass is 470 g/mol. The topological polar surface area (TPSA) is 110 Å². The Kier molecular flexibility index (Phi) is 5.94. The van der Waals surface area contributed by atoms with Crippen LogP contribution in [-0.2, 0) is 14.1 Å². The van der Waals surface area contributed by atoms with Gasteiger partial charge in [0.2, 0.25) is 0 Å². The number of hydrogen-bond donors (Lipinski definition) is 1. The van der Waals surface area contributed by atoms with Gasteiger partial charge in [-0.3, -0.25) is 18.7 Å². The van der Waals surface area contributed by atoms with Crippen LogP contribution < -0.4 is 16.6 Å². The molecule has 1 fully saturated rings. The van der Waals surface area contributed by atoms with Crippen LogP contribution in [0.4, 0.5) is 10.5 Å². The summed E-state index contributed by atoms with van der Waals surface area (Å²) >= 11 is 6.11. The first-order valence-corrected chi connectivity index (χ1v) is 10.7. The van der Waals surface area contributed by atoms with E-state index >= 15 is 0 Å². The SMILES string of the molecule is Cc1ccc(NC(=O)N2CCN(C(=O)c3ccc4c(=O)n(C)c(=O)n(C)c4n3)CC2)cc1Cl. The lowest BCUT2D eigenvalue weighted by Crippen LogP contribution is -2.51. The van der Waals surface area contributed by atoms with E-state index in [0.717, 1.165) is 10.1 Å². The maximum Gasteiger partial charge on any atom is 0.332 e. The second kappa shape index (κ2) is 8.70. The third-order valence-electron chi connectivity index (χ3n) is 5.80. The lowest BCUT2D eigenvalue weighted by molar-refractivity contribution is 0.0666. The molecule has 0 unspecified atom stereocenters. The molecule has 33 heavy (non-hydrogen) atoms. The van der Waals surface area contributed by atoms with Gasteiger partial charge >= 0.3 is 11.7 Å². The lowest BCUT2D eigenvalue weighted by Gasteiger charge is -2.34. The maximum absolute atomic E-state index is 13.0. The number of aromatic nitrogens is 3. The molecule has 0 saturated carbocycles. The van der Waals surface area contributed by atoms with Crippen LogP contribution in [-0.4, -0.2) is 62.0 Å². The number of amides is 3. The van der Waals surface area contributed by atoms with Crippen molar-refractivity contribution < 1.29 is 9.59 Å². The largest absolute Gasteiger partial charge is 0.334 e. The number of anilines is 1. The minimum absolute atomic E-state index is 0.137. The molecule has 10 nitrogen and oxygen atoms in total. The van der Waals surface area contributed by atoms with Crippen LogP contribution in [0.1, 0.15) is 16.1 Å². The normalized spacial score (nSPS) is 13.9. The number of carbonyl (C=O) groups excluding carboxylic acids is 2. The number of carbonyl (C=O) groups is 2. The fourth-order valence-electron chi connectivity index (χ4n) is 3.72. The molecule has 1 saturated heterocycles. The Bertz CT molecular complexity index is 1390. The molecule has 1 aliphatic rings. The summed E-state index contributed by atoms with van der Waals surface area (Å²) in [6.07, 6.45) is 0. The summed E-state index contributed by atoms with van der Waals surface area (Å²) in [5, 5.41) is 3.65. The molecule has 4 rings (SSSR count). The van der Waals surface area contributed by atoms with E-state index in [1.165, 1.54) is 30.8 Å². The molecule has 1 N–H and O–H groups in total. The van der Waals surface area contributed by atoms with E-state index in [1.807, 2.05) is 13.0 Å². The lowest BCUT2D eigenvalue weighted by atomic mass is 10.2. The Hall–Kier alpha value is -3.66. The third kappa shape index (κ3) is 4.21. The van der Waals surface area contributed by atoms with E-state index in [9.17, 15) is 19.2 Å². The van der Waals surface area contributed by atoms with E-state index in [0.29, 0.717) is 36.9 Å². The quantitative estimate of drug-likeness (QED) is 0.611. The fraction of sp³-hybridized carbons (Fsp3) is 0.318. The van der Waals surface area contributed by atoms with E-state index in [4.69, 9.17) is 11.6 Å². The van der Waals surface area contributed by atoms with Crippen LogP contribution in [0.25, 0.3) is 11.0 Å². The standard InChI is InChI=1S/C22H23ClN6O4/c1-13-4-5-14(12-16(13)23)24-21(32)29-10-8-28(9-11-29)20(31)17-7-6-15-18(25-17)26(2)22(33)27(3)19(15)30/h4-7,12H,8-11H2,1-3H3,(H,24,32). The van der Waals surface area contributed by atoms with Crippen molar-refractivity contribution in [3.05, 3.63) is 67.4 Å². The second-order valence-corrected chi connectivity index (χ2v) is 8.35. The van der Waals surface area contributed by atoms with Gasteiger partial charge in [0, 0.05) is 51.0 Å². The molecule has 3 amide bonds. The van der Waals surface area contributed by atoms with Crippen LogP contribution in [0, 0.1) is 6.92 Å². The highest BCUT2D eigenvalue weighted by Crippen LogP contribution is 2.20. The van der Waals surface area contributed by atoms with Crippen molar-refractivity contribution in [2.75, 3.05) is 31.5 Å². The van der Waals surface area contributed by atoms with Gasteiger partial charge in [-0.25, -0.2) is 14.6 Å². The second-order valence-electron chi connectivity index (χ2n) is 7.95. The van der Waals surface area contributed by atoms with Crippen molar-refractivity contribution in [1.82, 2.24) is 23.9 Å². The number of hydrogen-bond acceptors (Lipinski definition) is 5. The highest BCUT2D eigenvalue weighted by atomic mass is 35.5. The van der Waals surface area contributed by atoms with Gasteiger partial charge in [0.05, 0.1) is 5.39 Å². The number of pyridine rings is 1. The molecule has 0 aliphatic carbocycles. The predicted molar refractivity (Wildman–Crippen MR) is 125 cm³/mol. The van der Waals surface area contributed by atoms with Gasteiger partial charge in [-0.1, -0.05) is 17.7 Å². The Balaban J connectivity index is 1.45. The van der Waals surface area contributed by atoms with E-state index in [2.05, 4.69) is 10.3 Å². The number of benzene rings is 1. The summed E-state index contributed by atoms with van der Waals surface area (Å²) < 4.78 is 2.24. The van der Waals surface area contributed by atoms with Crippen molar-refractivity contribution in [3.63, 3.8) is 0 Å². The van der Waals surface area contributed by atoms with Crippen LogP contribution in [0.5, 0.6) is 0 Å². The molecule has 0 bridgehead atoms. The summed E-state index contributed by atoms with van der Waals surface area (Å²) in [7, 11) is 2.90. The van der Waals surface area contributed by atoms with E-state index in [1.54, 1.807) is 21.9 Å². The first-order valence-electron chi connectivity index (χ1n) is 10.4. The third-order valence-corrected chi connectivity index (χ3v) is 6.21. The van der Waals surface area contributed by atoms with Crippen molar-refractivity contribution >= 4 is 40.3 Å². The summed E-state index contributed by atoms with van der Waals surface area (Å²) in [5.41, 5.74) is 0.839. The van der Waals surface area contributed by atoms with Gasteiger partial charge in [-0.05, 0) is 36.8 Å². The molecule has 3 aromatic rings. The smallest absolute Gasteiger partial charge is 0.332 e. The van der Waals surface area contributed by atoms with Gasteiger partial charge in [0.25, 0.3) is 11.5 Å². The number of nitrogens with one attached hydrogen (secondary N) is 1. The van der Waals surface area contributed by atoms with Gasteiger partial charge in [0.15, 0.2) is 0 Å². The molecule has 1 aromatic carbocycles. The molecule has 0 radical (unpaired) electrons. The van der Waals surface area contributed by atoms with Crippen molar-refractivity contribution in [2.45, 2.75) is 6.92 Å². The molecule has 2 aromatic heterocycles. The van der Waals surface area contributed by atoms with Crippen LogP contribution in [0.15, 0.2) is 39.9 Å². The van der Waals surface area contributed by atoms with Crippen molar-refractivity contribution in [2.24, 2.45) is 14.1 Å². The summed E-state index contributed by atoms with van der Waals surface area (Å²) in [6, 6.07) is 8.03. The van der Waals surface area contributed by atoms with Gasteiger partial charge in [-0.15, -0.1) is 0 Å². The maximum atomic E-state index is 13.0. The zero-order chi connectivity index (χ0) is 23.9. The summed E-state index contributed by atoms with van der Waals surface area (Å²) in [5.74, 6) is -0.324. The van der Waals surface area contributed by atoms with Crippen LogP contribution >= 0.6 is 11.6 Å². The number of aryl methyl sites for hydroxylation is 2. The zero-order valence-corrected chi connectivity index (χ0v) is 19.2. The molecular formula is C22H23ClN6O4. The van der Waals surface area contributed by atoms with Crippen LogP contribution in [0.3, 0.4) is 0 Å². The van der Waals surface area contributed by atoms with Gasteiger partial charge in [0.1, 0.15) is 11.3 Å². The van der Waals surface area contributed by atoms with Crippen molar-refractivity contribution in [1.29, 1.82) is 0 Å². The number of rotatable bonds is 2. The highest BCUT2D eigenvalue weighted by Gasteiger charge is 2.26. The average Bonchev–Trinajstić information content (AvgIpc) is 2.83. The fourth-order valence-corrected chi connectivity index (χ4v) is 3.90. The highest BCUT2D eigenvalue weighted by molar-refractivity contribution is 6.31. The first kappa shape index (κ1) is 22.5. The number of fused-ring (bicyclic) bond motifs is 1. The van der Waals surface area contributed by atoms with Crippen molar-refractivity contribution in [3.8, 4) is 0 Å². The van der Waals surface area contributed by atoms with Crippen LogP contribution in [0.2, 0.25) is 5.02 Å². The average molecular weight is 471 g/mol.